The topological polar surface area (TPSA) is 33.4 Å². The monoisotopic (exact) mass is 308 g/mol. The van der Waals surface area contributed by atoms with E-state index < -0.39 is 6.10 Å². The van der Waals surface area contributed by atoms with Crippen molar-refractivity contribution in [2.45, 2.75) is 6.10 Å². The van der Waals surface area contributed by atoms with Crippen molar-refractivity contribution in [1.82, 2.24) is 0 Å². The molecule has 17 heavy (non-hydrogen) atoms. The summed E-state index contributed by atoms with van der Waals surface area (Å²) in [4.78, 5) is 0. The molecule has 86 valence electrons. The van der Waals surface area contributed by atoms with Gasteiger partial charge >= 0.3 is 0 Å². The Morgan fingerprint density at radius 3 is 2.94 bits per heavy atom. The zero-order chi connectivity index (χ0) is 11.8. The SMILES string of the molecule is OC(c1ccoc1)c1csc2c(Br)cccc12. The van der Waals surface area contributed by atoms with Gasteiger partial charge in [-0.3, -0.25) is 0 Å². The van der Waals surface area contributed by atoms with Crippen molar-refractivity contribution in [2.24, 2.45) is 0 Å². The van der Waals surface area contributed by atoms with Crippen LogP contribution < -0.4 is 0 Å². The highest BCUT2D eigenvalue weighted by atomic mass is 79.9. The fourth-order valence-corrected chi connectivity index (χ4v) is 3.50. The summed E-state index contributed by atoms with van der Waals surface area (Å²) in [6, 6.07) is 7.79. The Kier molecular flexibility index (Phi) is 2.78. The van der Waals surface area contributed by atoms with Gasteiger partial charge in [-0.25, -0.2) is 0 Å². The van der Waals surface area contributed by atoms with Crippen LogP contribution in [-0.4, -0.2) is 5.11 Å². The molecule has 4 heteroatoms. The highest BCUT2D eigenvalue weighted by Gasteiger charge is 2.16. The number of hydrogen-bond acceptors (Lipinski definition) is 3. The lowest BCUT2D eigenvalue weighted by molar-refractivity contribution is 0.221. The third-order valence-electron chi connectivity index (χ3n) is 2.74. The molecule has 1 aromatic carbocycles. The summed E-state index contributed by atoms with van der Waals surface area (Å²) >= 11 is 5.15. The number of hydrogen-bond donors (Lipinski definition) is 1. The minimum Gasteiger partial charge on any atom is -0.472 e. The predicted octanol–water partition coefficient (Wildman–Crippen LogP) is 4.34. The summed E-state index contributed by atoms with van der Waals surface area (Å²) in [5, 5.41) is 13.4. The maximum Gasteiger partial charge on any atom is 0.109 e. The van der Waals surface area contributed by atoms with Gasteiger partial charge in [0.2, 0.25) is 0 Å². The molecular formula is C13H9BrO2S. The Balaban J connectivity index is 2.15. The fourth-order valence-electron chi connectivity index (χ4n) is 1.86. The van der Waals surface area contributed by atoms with Gasteiger partial charge in [-0.05, 0) is 38.8 Å². The second-order valence-corrected chi connectivity index (χ2v) is 5.50. The molecule has 0 aliphatic carbocycles. The lowest BCUT2D eigenvalue weighted by Crippen LogP contribution is -1.96. The number of thiophene rings is 1. The number of rotatable bonds is 2. The predicted molar refractivity (Wildman–Crippen MR) is 72.3 cm³/mol. The van der Waals surface area contributed by atoms with Gasteiger partial charge in [0.15, 0.2) is 0 Å². The molecule has 0 amide bonds. The fraction of sp³-hybridized carbons (Fsp3) is 0.0769. The summed E-state index contributed by atoms with van der Waals surface area (Å²) in [7, 11) is 0. The Hall–Kier alpha value is -1.10. The van der Waals surface area contributed by atoms with Crippen molar-refractivity contribution in [3.63, 3.8) is 0 Å². The average Bonchev–Trinajstić information content (AvgIpc) is 2.98. The van der Waals surface area contributed by atoms with Gasteiger partial charge in [-0.15, -0.1) is 11.3 Å². The Bertz CT molecular complexity index is 643. The van der Waals surface area contributed by atoms with Gasteiger partial charge in [0.25, 0.3) is 0 Å². The number of aliphatic hydroxyl groups excluding tert-OH is 1. The zero-order valence-corrected chi connectivity index (χ0v) is 11.2. The van der Waals surface area contributed by atoms with E-state index in [1.54, 1.807) is 29.9 Å². The second-order valence-electron chi connectivity index (χ2n) is 3.77. The Morgan fingerprint density at radius 2 is 2.18 bits per heavy atom. The van der Waals surface area contributed by atoms with Gasteiger partial charge in [-0.1, -0.05) is 12.1 Å². The Labute approximate surface area is 111 Å². The number of benzene rings is 1. The number of halogens is 1. The molecule has 0 aliphatic rings. The standard InChI is InChI=1S/C13H9BrO2S/c14-11-3-1-2-9-10(7-17-13(9)11)12(15)8-4-5-16-6-8/h1-7,12,15H. The van der Waals surface area contributed by atoms with Gasteiger partial charge in [0, 0.05) is 20.3 Å². The zero-order valence-electron chi connectivity index (χ0n) is 8.76. The van der Waals surface area contributed by atoms with Gasteiger partial charge in [-0.2, -0.15) is 0 Å². The van der Waals surface area contributed by atoms with Crippen LogP contribution in [0.2, 0.25) is 0 Å². The van der Waals surface area contributed by atoms with E-state index in [9.17, 15) is 5.11 Å². The van der Waals surface area contributed by atoms with Gasteiger partial charge < -0.3 is 9.52 Å². The van der Waals surface area contributed by atoms with Crippen LogP contribution >= 0.6 is 27.3 Å². The summed E-state index contributed by atoms with van der Waals surface area (Å²) in [5.41, 5.74) is 1.71. The van der Waals surface area contributed by atoms with E-state index in [1.165, 1.54) is 0 Å². The van der Waals surface area contributed by atoms with Crippen molar-refractivity contribution in [3.8, 4) is 0 Å². The van der Waals surface area contributed by atoms with E-state index in [-0.39, 0.29) is 0 Å². The van der Waals surface area contributed by atoms with Crippen LogP contribution in [0.4, 0.5) is 0 Å². The molecule has 2 heterocycles. The molecule has 0 spiro atoms. The normalized spacial score (nSPS) is 13.1. The highest BCUT2D eigenvalue weighted by molar-refractivity contribution is 9.10. The molecule has 2 aromatic heterocycles. The van der Waals surface area contributed by atoms with Crippen LogP contribution in [0.1, 0.15) is 17.2 Å². The first-order valence-corrected chi connectivity index (χ1v) is 6.80. The van der Waals surface area contributed by atoms with Gasteiger partial charge in [0.1, 0.15) is 6.10 Å². The molecule has 0 bridgehead atoms. The molecule has 0 saturated carbocycles. The lowest BCUT2D eigenvalue weighted by Gasteiger charge is -2.07. The van der Waals surface area contributed by atoms with Gasteiger partial charge in [0.05, 0.1) is 12.5 Å². The first-order chi connectivity index (χ1) is 8.27. The lowest BCUT2D eigenvalue weighted by atomic mass is 10.0. The molecule has 2 nitrogen and oxygen atoms in total. The third kappa shape index (κ3) is 1.82. The summed E-state index contributed by atoms with van der Waals surface area (Å²) < 4.78 is 7.22. The van der Waals surface area contributed by atoms with Crippen molar-refractivity contribution >= 4 is 37.4 Å². The minimum atomic E-state index is -0.628. The van der Waals surface area contributed by atoms with Crippen molar-refractivity contribution in [2.75, 3.05) is 0 Å². The van der Waals surface area contributed by atoms with Crippen LogP contribution in [0, 0.1) is 0 Å². The first kappa shape index (κ1) is 11.0. The van der Waals surface area contributed by atoms with E-state index in [4.69, 9.17) is 4.42 Å². The maximum atomic E-state index is 10.3. The molecule has 1 atom stereocenters. The van der Waals surface area contributed by atoms with Crippen molar-refractivity contribution in [3.05, 3.63) is 57.8 Å². The largest absolute Gasteiger partial charge is 0.472 e. The third-order valence-corrected chi connectivity index (χ3v) is 4.71. The highest BCUT2D eigenvalue weighted by Crippen LogP contribution is 2.37. The molecule has 0 fully saturated rings. The molecule has 3 aromatic rings. The Morgan fingerprint density at radius 1 is 1.29 bits per heavy atom. The van der Waals surface area contributed by atoms with Crippen LogP contribution in [0.5, 0.6) is 0 Å². The summed E-state index contributed by atoms with van der Waals surface area (Å²) in [6.07, 6.45) is 2.52. The van der Waals surface area contributed by atoms with E-state index in [0.29, 0.717) is 0 Å². The van der Waals surface area contributed by atoms with Crippen LogP contribution in [0.3, 0.4) is 0 Å². The minimum absolute atomic E-state index is 0.628. The maximum absolute atomic E-state index is 10.3. The van der Waals surface area contributed by atoms with E-state index in [2.05, 4.69) is 15.9 Å². The molecule has 0 radical (unpaired) electrons. The van der Waals surface area contributed by atoms with Crippen molar-refractivity contribution < 1.29 is 9.52 Å². The van der Waals surface area contributed by atoms with Crippen LogP contribution in [0.15, 0.2) is 51.1 Å². The van der Waals surface area contributed by atoms with E-state index in [1.807, 2.05) is 23.6 Å². The molecule has 0 aliphatic heterocycles. The summed E-state index contributed by atoms with van der Waals surface area (Å²) in [6.45, 7) is 0. The summed E-state index contributed by atoms with van der Waals surface area (Å²) in [5.74, 6) is 0. The van der Waals surface area contributed by atoms with Crippen molar-refractivity contribution in [1.29, 1.82) is 0 Å². The second kappa shape index (κ2) is 4.29. The number of furan rings is 1. The molecule has 0 saturated heterocycles. The van der Waals surface area contributed by atoms with Crippen LogP contribution in [-0.2, 0) is 0 Å². The van der Waals surface area contributed by atoms with E-state index >= 15 is 0 Å². The van der Waals surface area contributed by atoms with E-state index in [0.717, 1.165) is 25.7 Å². The average molecular weight is 309 g/mol. The number of aliphatic hydroxyl groups is 1. The quantitative estimate of drug-likeness (QED) is 0.764. The first-order valence-electron chi connectivity index (χ1n) is 5.13. The van der Waals surface area contributed by atoms with Crippen LogP contribution in [0.25, 0.3) is 10.1 Å². The molecule has 3 rings (SSSR count). The molecule has 1 N–H and O–H groups in total. The molecule has 1 unspecified atom stereocenters. The smallest absolute Gasteiger partial charge is 0.109 e. The number of fused-ring (bicyclic) bond motifs is 1. The molecular weight excluding hydrogens is 300 g/mol.